The van der Waals surface area contributed by atoms with Gasteiger partial charge in [-0.3, -0.25) is 0 Å². The van der Waals surface area contributed by atoms with Crippen LogP contribution in [0, 0.1) is 12.7 Å². The number of ether oxygens (including phenoxy) is 1. The molecule has 0 bridgehead atoms. The number of methoxy groups -OCH3 is 1. The number of aromatic hydroxyl groups is 1. The highest BCUT2D eigenvalue weighted by Gasteiger charge is 2.19. The van der Waals surface area contributed by atoms with Crippen LogP contribution in [0.2, 0.25) is 0 Å². The van der Waals surface area contributed by atoms with Crippen molar-refractivity contribution in [2.45, 2.75) is 19.8 Å². The standard InChI is InChI=1S/C11H16FNO2/c1-6-4-8(7(2)5-13)11(15-3)9(12)10(6)14/h4,7,14H,5,13H2,1-3H3. The number of hydrogen-bond donors (Lipinski definition) is 2. The molecule has 0 amide bonds. The second-order valence-corrected chi connectivity index (χ2v) is 3.62. The molecule has 1 rings (SSSR count). The maximum absolute atomic E-state index is 13.6. The van der Waals surface area contributed by atoms with Crippen LogP contribution in [0.1, 0.15) is 24.0 Å². The fourth-order valence-electron chi connectivity index (χ4n) is 1.48. The molecule has 0 saturated heterocycles. The average molecular weight is 213 g/mol. The molecule has 1 aromatic carbocycles. The first kappa shape index (κ1) is 11.8. The van der Waals surface area contributed by atoms with Crippen LogP contribution in [0.3, 0.4) is 0 Å². The molecular weight excluding hydrogens is 197 g/mol. The van der Waals surface area contributed by atoms with Gasteiger partial charge in [0, 0.05) is 5.56 Å². The second-order valence-electron chi connectivity index (χ2n) is 3.62. The molecule has 1 aromatic rings. The SMILES string of the molecule is COc1c(C(C)CN)cc(C)c(O)c1F. The number of aryl methyl sites for hydroxylation is 1. The predicted octanol–water partition coefficient (Wildman–Crippen LogP) is 1.91. The van der Waals surface area contributed by atoms with Crippen molar-refractivity contribution in [3.63, 3.8) is 0 Å². The summed E-state index contributed by atoms with van der Waals surface area (Å²) in [6.07, 6.45) is 0. The van der Waals surface area contributed by atoms with Gasteiger partial charge in [-0.15, -0.1) is 0 Å². The Hall–Kier alpha value is -1.29. The van der Waals surface area contributed by atoms with Gasteiger partial charge in [0.05, 0.1) is 7.11 Å². The van der Waals surface area contributed by atoms with Crippen molar-refractivity contribution in [2.24, 2.45) is 5.73 Å². The van der Waals surface area contributed by atoms with E-state index in [1.54, 1.807) is 13.0 Å². The molecule has 0 aliphatic carbocycles. The lowest BCUT2D eigenvalue weighted by atomic mass is 9.97. The van der Waals surface area contributed by atoms with Gasteiger partial charge in [-0.1, -0.05) is 6.92 Å². The molecule has 0 fully saturated rings. The third-order valence-corrected chi connectivity index (χ3v) is 2.50. The van der Waals surface area contributed by atoms with Crippen molar-refractivity contribution < 1.29 is 14.2 Å². The summed E-state index contributed by atoms with van der Waals surface area (Å²) in [5, 5.41) is 9.41. The summed E-state index contributed by atoms with van der Waals surface area (Å²) in [7, 11) is 1.37. The van der Waals surface area contributed by atoms with E-state index in [2.05, 4.69) is 0 Å². The molecule has 0 aliphatic rings. The molecule has 84 valence electrons. The van der Waals surface area contributed by atoms with Crippen molar-refractivity contribution in [3.8, 4) is 11.5 Å². The zero-order chi connectivity index (χ0) is 11.6. The Morgan fingerprint density at radius 3 is 2.67 bits per heavy atom. The highest BCUT2D eigenvalue weighted by Crippen LogP contribution is 2.36. The Kier molecular flexibility index (Phi) is 3.52. The van der Waals surface area contributed by atoms with Gasteiger partial charge in [0.25, 0.3) is 0 Å². The molecule has 3 N–H and O–H groups in total. The van der Waals surface area contributed by atoms with Crippen molar-refractivity contribution in [2.75, 3.05) is 13.7 Å². The molecule has 1 unspecified atom stereocenters. The highest BCUT2D eigenvalue weighted by atomic mass is 19.1. The summed E-state index contributed by atoms with van der Waals surface area (Å²) in [4.78, 5) is 0. The minimum absolute atomic E-state index is 0.00579. The number of hydrogen-bond acceptors (Lipinski definition) is 3. The van der Waals surface area contributed by atoms with Crippen LogP contribution in [0.4, 0.5) is 4.39 Å². The molecule has 1 atom stereocenters. The topological polar surface area (TPSA) is 55.5 Å². The largest absolute Gasteiger partial charge is 0.505 e. The molecule has 0 radical (unpaired) electrons. The zero-order valence-corrected chi connectivity index (χ0v) is 9.17. The maximum Gasteiger partial charge on any atom is 0.207 e. The third-order valence-electron chi connectivity index (χ3n) is 2.50. The lowest BCUT2D eigenvalue weighted by molar-refractivity contribution is 0.356. The van der Waals surface area contributed by atoms with Crippen LogP contribution in [-0.4, -0.2) is 18.8 Å². The smallest absolute Gasteiger partial charge is 0.207 e. The number of benzene rings is 1. The van der Waals surface area contributed by atoms with Crippen LogP contribution < -0.4 is 10.5 Å². The lowest BCUT2D eigenvalue weighted by Gasteiger charge is -2.16. The first-order valence-corrected chi connectivity index (χ1v) is 4.78. The number of halogens is 1. The van der Waals surface area contributed by atoms with Crippen LogP contribution >= 0.6 is 0 Å². The monoisotopic (exact) mass is 213 g/mol. The molecule has 0 aromatic heterocycles. The lowest BCUT2D eigenvalue weighted by Crippen LogP contribution is -2.11. The van der Waals surface area contributed by atoms with Gasteiger partial charge in [-0.25, -0.2) is 0 Å². The van der Waals surface area contributed by atoms with E-state index in [0.717, 1.165) is 0 Å². The molecular formula is C11H16FNO2. The first-order valence-electron chi connectivity index (χ1n) is 4.78. The van der Waals surface area contributed by atoms with Crippen molar-refractivity contribution >= 4 is 0 Å². The van der Waals surface area contributed by atoms with Crippen LogP contribution in [0.25, 0.3) is 0 Å². The molecule has 0 spiro atoms. The highest BCUT2D eigenvalue weighted by molar-refractivity contribution is 5.48. The summed E-state index contributed by atoms with van der Waals surface area (Å²) in [6.45, 7) is 3.93. The normalized spacial score (nSPS) is 12.6. The number of rotatable bonds is 3. The van der Waals surface area contributed by atoms with Crippen molar-refractivity contribution in [1.29, 1.82) is 0 Å². The Bertz CT molecular complexity index is 366. The summed E-state index contributed by atoms with van der Waals surface area (Å²) >= 11 is 0. The predicted molar refractivity (Wildman–Crippen MR) is 56.8 cm³/mol. The fraction of sp³-hybridized carbons (Fsp3) is 0.455. The molecule has 0 heterocycles. The van der Waals surface area contributed by atoms with Crippen molar-refractivity contribution in [1.82, 2.24) is 0 Å². The van der Waals surface area contributed by atoms with E-state index >= 15 is 0 Å². The summed E-state index contributed by atoms with van der Waals surface area (Å²) < 4.78 is 18.5. The molecule has 3 nitrogen and oxygen atoms in total. The summed E-state index contributed by atoms with van der Waals surface area (Å²) in [5.41, 5.74) is 6.70. The second kappa shape index (κ2) is 4.49. The van der Waals surface area contributed by atoms with E-state index < -0.39 is 5.82 Å². The van der Waals surface area contributed by atoms with Gasteiger partial charge in [0.15, 0.2) is 11.5 Å². The van der Waals surface area contributed by atoms with E-state index in [1.807, 2.05) is 6.92 Å². The minimum atomic E-state index is -0.715. The fourth-order valence-corrected chi connectivity index (χ4v) is 1.48. The summed E-state index contributed by atoms with van der Waals surface area (Å²) in [6, 6.07) is 1.70. The van der Waals surface area contributed by atoms with E-state index in [1.165, 1.54) is 7.11 Å². The zero-order valence-electron chi connectivity index (χ0n) is 9.17. The van der Waals surface area contributed by atoms with E-state index in [-0.39, 0.29) is 17.4 Å². The average Bonchev–Trinajstić information content (AvgIpc) is 2.24. The molecule has 0 saturated carbocycles. The molecule has 4 heteroatoms. The van der Waals surface area contributed by atoms with Gasteiger partial charge < -0.3 is 15.6 Å². The van der Waals surface area contributed by atoms with Crippen LogP contribution in [-0.2, 0) is 0 Å². The van der Waals surface area contributed by atoms with Gasteiger partial charge >= 0.3 is 0 Å². The van der Waals surface area contributed by atoms with Gasteiger partial charge in [-0.05, 0) is 31.0 Å². The van der Waals surface area contributed by atoms with E-state index in [9.17, 15) is 9.50 Å². The minimum Gasteiger partial charge on any atom is -0.505 e. The molecule has 0 aliphatic heterocycles. The van der Waals surface area contributed by atoms with Crippen molar-refractivity contribution in [3.05, 3.63) is 23.0 Å². The maximum atomic E-state index is 13.6. The Morgan fingerprint density at radius 1 is 1.60 bits per heavy atom. The van der Waals surface area contributed by atoms with Gasteiger partial charge in [-0.2, -0.15) is 4.39 Å². The molecule has 15 heavy (non-hydrogen) atoms. The Labute approximate surface area is 88.7 Å². The number of phenolic OH excluding ortho intramolecular Hbond substituents is 1. The van der Waals surface area contributed by atoms with E-state index in [4.69, 9.17) is 10.5 Å². The Morgan fingerprint density at radius 2 is 2.20 bits per heavy atom. The van der Waals surface area contributed by atoms with E-state index in [0.29, 0.717) is 17.7 Å². The summed E-state index contributed by atoms with van der Waals surface area (Å²) in [5.74, 6) is -1.00. The quantitative estimate of drug-likeness (QED) is 0.806. The number of nitrogens with two attached hydrogens (primary N) is 1. The van der Waals surface area contributed by atoms with Gasteiger partial charge in [0.2, 0.25) is 5.82 Å². The number of phenols is 1. The van der Waals surface area contributed by atoms with Gasteiger partial charge in [0.1, 0.15) is 0 Å². The Balaban J connectivity index is 3.38. The first-order chi connectivity index (χ1) is 7.02. The van der Waals surface area contributed by atoms with Crippen LogP contribution in [0.15, 0.2) is 6.07 Å². The third kappa shape index (κ3) is 2.04. The van der Waals surface area contributed by atoms with Crippen LogP contribution in [0.5, 0.6) is 11.5 Å².